The van der Waals surface area contributed by atoms with Gasteiger partial charge in [-0.25, -0.2) is 0 Å². The Balaban J connectivity index is 2.06. The highest BCUT2D eigenvalue weighted by Crippen LogP contribution is 2.42. The molecule has 1 unspecified atom stereocenters. The topological polar surface area (TPSA) is 61.4 Å². The molecule has 1 atom stereocenters. The summed E-state index contributed by atoms with van der Waals surface area (Å²) in [5.41, 5.74) is 8.07. The molecule has 3 aromatic carbocycles. The number of carbonyl (C=O) groups is 1. The summed E-state index contributed by atoms with van der Waals surface area (Å²) in [6, 6.07) is 15.5. The van der Waals surface area contributed by atoms with E-state index in [1.165, 1.54) is 6.07 Å². The predicted octanol–water partition coefficient (Wildman–Crippen LogP) is 8.37. The summed E-state index contributed by atoms with van der Waals surface area (Å²) in [4.78, 5) is 13.4. The minimum absolute atomic E-state index is 0.239. The van der Waals surface area contributed by atoms with Crippen LogP contribution in [0.3, 0.4) is 0 Å². The monoisotopic (exact) mass is 546 g/mol. The van der Waals surface area contributed by atoms with Gasteiger partial charge in [-0.3, -0.25) is 4.79 Å². The Bertz CT molecular complexity index is 1110. The molecule has 3 rings (SSSR count). The molecule has 0 aromatic heterocycles. The molecule has 32 heavy (non-hydrogen) atoms. The van der Waals surface area contributed by atoms with Crippen molar-refractivity contribution in [2.75, 3.05) is 22.2 Å². The van der Waals surface area contributed by atoms with Gasteiger partial charge in [0.1, 0.15) is 5.92 Å². The molecule has 0 aliphatic rings. The van der Waals surface area contributed by atoms with Crippen LogP contribution in [0.4, 0.5) is 11.4 Å². The maximum Gasteiger partial charge on any atom is 0.315 e. The summed E-state index contributed by atoms with van der Waals surface area (Å²) >= 11 is 28.2. The van der Waals surface area contributed by atoms with E-state index in [0.717, 1.165) is 9.98 Å². The maximum absolute atomic E-state index is 12.5. The van der Waals surface area contributed by atoms with Crippen LogP contribution < -0.4 is 10.9 Å². The Kier molecular flexibility index (Phi) is 9.17. The number of nitrogens with one attached hydrogen (secondary N) is 2. The van der Waals surface area contributed by atoms with Crippen molar-refractivity contribution in [1.82, 2.24) is 0 Å². The van der Waals surface area contributed by atoms with Crippen LogP contribution in [-0.2, 0) is 4.79 Å². The van der Waals surface area contributed by atoms with Crippen LogP contribution in [-0.4, -0.2) is 22.4 Å². The molecular weight excluding hydrogens is 530 g/mol. The van der Waals surface area contributed by atoms with E-state index in [4.69, 9.17) is 46.4 Å². The zero-order valence-corrected chi connectivity index (χ0v) is 21.3. The summed E-state index contributed by atoms with van der Waals surface area (Å²) in [6.45, 7) is 0. The van der Waals surface area contributed by atoms with Crippen LogP contribution in [0.5, 0.6) is 0 Å². The lowest BCUT2D eigenvalue weighted by molar-refractivity contribution is -0.137. The molecular formula is C22H18Cl4N2O2S2. The molecule has 0 aliphatic carbocycles. The first kappa shape index (κ1) is 25.2. The molecule has 0 saturated carbocycles. The number of halogens is 4. The number of rotatable bonds is 9. The van der Waals surface area contributed by atoms with E-state index in [1.807, 2.05) is 24.5 Å². The lowest BCUT2D eigenvalue weighted by Crippen LogP contribution is -2.19. The predicted molar refractivity (Wildman–Crippen MR) is 140 cm³/mol. The lowest BCUT2D eigenvalue weighted by Gasteiger charge is -2.23. The number of thioether (sulfide) groups is 2. The van der Waals surface area contributed by atoms with E-state index < -0.39 is 11.9 Å². The van der Waals surface area contributed by atoms with Crippen molar-refractivity contribution >= 4 is 87.3 Å². The Labute approximate surface area is 214 Å². The van der Waals surface area contributed by atoms with Crippen LogP contribution in [0.25, 0.3) is 0 Å². The molecule has 0 radical (unpaired) electrons. The van der Waals surface area contributed by atoms with Crippen molar-refractivity contribution < 1.29 is 9.90 Å². The second-order valence-corrected chi connectivity index (χ2v) is 10.6. The van der Waals surface area contributed by atoms with E-state index in [0.29, 0.717) is 37.6 Å². The largest absolute Gasteiger partial charge is 0.481 e. The van der Waals surface area contributed by atoms with Gasteiger partial charge in [0.2, 0.25) is 0 Å². The molecule has 4 nitrogen and oxygen atoms in total. The van der Waals surface area contributed by atoms with Gasteiger partial charge >= 0.3 is 5.97 Å². The van der Waals surface area contributed by atoms with Gasteiger partial charge in [-0.15, -0.1) is 11.8 Å². The first-order valence-corrected chi connectivity index (χ1v) is 13.1. The highest BCUT2D eigenvalue weighted by molar-refractivity contribution is 8.15. The zero-order chi connectivity index (χ0) is 23.3. The zero-order valence-electron chi connectivity index (χ0n) is 16.7. The van der Waals surface area contributed by atoms with E-state index in [-0.39, 0.29) is 5.02 Å². The molecule has 0 heterocycles. The Hall–Kier alpha value is -1.41. The number of benzene rings is 3. The second kappa shape index (κ2) is 11.6. The molecule has 0 saturated heterocycles. The van der Waals surface area contributed by atoms with Gasteiger partial charge in [0.15, 0.2) is 0 Å². The standard InChI is InChI=1S/C22H18Cl4N2O2S2/c1-31-11-32-19-5-3-2-4-16(19)20(22(29)30)21-17(26)9-14(25)10-18(21)28-27-15-7-12(23)6-13(24)8-15/h2-10,20,27-28H,11H2,1H3,(H,29,30). The summed E-state index contributed by atoms with van der Waals surface area (Å²) in [7, 11) is 0. The second-order valence-electron chi connectivity index (χ2n) is 6.62. The van der Waals surface area contributed by atoms with Gasteiger partial charge in [-0.1, -0.05) is 64.6 Å². The number of hydrogen-bond donors (Lipinski definition) is 3. The van der Waals surface area contributed by atoms with Gasteiger partial charge in [-0.2, -0.15) is 11.8 Å². The fraction of sp³-hybridized carbons (Fsp3) is 0.136. The number of anilines is 2. The maximum atomic E-state index is 12.5. The van der Waals surface area contributed by atoms with Gasteiger partial charge in [0.25, 0.3) is 0 Å². The minimum Gasteiger partial charge on any atom is -0.481 e. The number of hydrazine groups is 1. The fourth-order valence-corrected chi connectivity index (χ4v) is 5.77. The van der Waals surface area contributed by atoms with Gasteiger partial charge in [0, 0.05) is 35.6 Å². The van der Waals surface area contributed by atoms with Crippen LogP contribution in [0.1, 0.15) is 17.0 Å². The Morgan fingerprint density at radius 3 is 2.28 bits per heavy atom. The van der Waals surface area contributed by atoms with Crippen molar-refractivity contribution in [1.29, 1.82) is 0 Å². The van der Waals surface area contributed by atoms with Gasteiger partial charge in [0.05, 0.1) is 11.4 Å². The average molecular weight is 548 g/mol. The molecule has 0 fully saturated rings. The number of carboxylic acids is 1. The molecule has 10 heteroatoms. The number of carboxylic acid groups (broad SMARTS) is 1. The van der Waals surface area contributed by atoms with Crippen molar-refractivity contribution in [3.05, 3.63) is 85.8 Å². The normalized spacial score (nSPS) is 11.8. The molecule has 0 spiro atoms. The first-order valence-electron chi connectivity index (χ1n) is 9.20. The smallest absolute Gasteiger partial charge is 0.315 e. The van der Waals surface area contributed by atoms with Crippen molar-refractivity contribution in [2.24, 2.45) is 0 Å². The van der Waals surface area contributed by atoms with Gasteiger partial charge in [-0.05, 0) is 48.2 Å². The van der Waals surface area contributed by atoms with Crippen LogP contribution >= 0.6 is 69.9 Å². The SMILES string of the molecule is CSCSc1ccccc1C(C(=O)O)c1c(Cl)cc(Cl)cc1NNc1cc(Cl)cc(Cl)c1. The quantitative estimate of drug-likeness (QED) is 0.142. The minimum atomic E-state index is -1.03. The van der Waals surface area contributed by atoms with Crippen LogP contribution in [0.15, 0.2) is 59.5 Å². The van der Waals surface area contributed by atoms with Crippen molar-refractivity contribution in [2.45, 2.75) is 10.8 Å². The molecule has 0 amide bonds. The van der Waals surface area contributed by atoms with E-state index in [2.05, 4.69) is 10.9 Å². The highest BCUT2D eigenvalue weighted by Gasteiger charge is 2.30. The molecule has 3 N–H and O–H groups in total. The summed E-state index contributed by atoms with van der Waals surface area (Å²) in [6.07, 6.45) is 2.00. The lowest BCUT2D eigenvalue weighted by atomic mass is 9.90. The number of aliphatic carboxylic acids is 1. The molecule has 0 aliphatic heterocycles. The summed E-state index contributed by atoms with van der Waals surface area (Å²) < 4.78 is 0. The third-order valence-corrected chi connectivity index (χ3v) is 7.46. The fourth-order valence-electron chi connectivity index (χ4n) is 3.13. The van der Waals surface area contributed by atoms with E-state index >= 15 is 0 Å². The first-order chi connectivity index (χ1) is 15.3. The van der Waals surface area contributed by atoms with Crippen molar-refractivity contribution in [3.63, 3.8) is 0 Å². The third-order valence-electron chi connectivity index (χ3n) is 4.40. The third kappa shape index (κ3) is 6.34. The summed E-state index contributed by atoms with van der Waals surface area (Å²) in [5.74, 6) is -2.04. The van der Waals surface area contributed by atoms with Crippen molar-refractivity contribution in [3.8, 4) is 0 Å². The molecule has 3 aromatic rings. The Morgan fingerprint density at radius 1 is 0.969 bits per heavy atom. The molecule has 168 valence electrons. The average Bonchev–Trinajstić information content (AvgIpc) is 2.72. The van der Waals surface area contributed by atoms with Crippen LogP contribution in [0.2, 0.25) is 20.1 Å². The summed E-state index contributed by atoms with van der Waals surface area (Å²) in [5, 5.41) is 12.5. The number of hydrogen-bond acceptors (Lipinski definition) is 5. The van der Waals surface area contributed by atoms with Crippen LogP contribution in [0, 0.1) is 0 Å². The molecule has 0 bridgehead atoms. The van der Waals surface area contributed by atoms with Gasteiger partial charge < -0.3 is 16.0 Å². The Morgan fingerprint density at radius 2 is 1.62 bits per heavy atom. The van der Waals surface area contributed by atoms with E-state index in [9.17, 15) is 9.90 Å². The highest BCUT2D eigenvalue weighted by atomic mass is 35.5. The van der Waals surface area contributed by atoms with E-state index in [1.54, 1.807) is 53.9 Å².